The minimum absolute atomic E-state index is 0.892. The Kier molecular flexibility index (Phi) is 5.74. The van der Waals surface area contributed by atoms with Crippen LogP contribution in [0.1, 0.15) is 6.42 Å². The van der Waals surface area contributed by atoms with E-state index in [9.17, 15) is 0 Å². The van der Waals surface area contributed by atoms with Crippen molar-refractivity contribution in [2.24, 2.45) is 0 Å². The molecule has 0 bridgehead atoms. The lowest BCUT2D eigenvalue weighted by molar-refractivity contribution is 0.200. The second-order valence-electron chi connectivity index (χ2n) is 1.14. The van der Waals surface area contributed by atoms with Gasteiger partial charge in [-0.05, 0) is 12.6 Å². The molecule has 1 nitrogen and oxygen atoms in total. The van der Waals surface area contributed by atoms with Crippen LogP contribution in [0.2, 0.25) is 0 Å². The zero-order chi connectivity index (χ0) is 4.83. The highest BCUT2D eigenvalue weighted by atomic mass is 31.0. The Hall–Kier alpha value is 0.390. The van der Waals surface area contributed by atoms with Crippen LogP contribution in [-0.2, 0) is 4.74 Å². The van der Waals surface area contributed by atoms with E-state index in [-0.39, 0.29) is 0 Å². The zero-order valence-electron chi connectivity index (χ0n) is 4.11. The molecule has 0 amide bonds. The molecule has 6 heavy (non-hydrogen) atoms. The predicted molar refractivity (Wildman–Crippen MR) is 31.1 cm³/mol. The van der Waals surface area contributed by atoms with E-state index in [4.69, 9.17) is 4.74 Å². The first-order valence-electron chi connectivity index (χ1n) is 2.11. The van der Waals surface area contributed by atoms with E-state index < -0.39 is 0 Å². The molecule has 0 rings (SSSR count). The fraction of sp³-hybridized carbons (Fsp3) is 1.00. The molecule has 0 N–H and O–H groups in total. The lowest BCUT2D eigenvalue weighted by Gasteiger charge is -1.89. The third-order valence-corrected chi connectivity index (χ3v) is 0.961. The van der Waals surface area contributed by atoms with Gasteiger partial charge in [0.1, 0.15) is 0 Å². The molecule has 38 valence electrons. The first-order valence-corrected chi connectivity index (χ1v) is 2.92. The number of methoxy groups -OCH3 is 1. The summed E-state index contributed by atoms with van der Waals surface area (Å²) in [5.74, 6) is 0. The van der Waals surface area contributed by atoms with Gasteiger partial charge in [-0.15, -0.1) is 9.24 Å². The highest BCUT2D eigenvalue weighted by molar-refractivity contribution is 7.16. The largest absolute Gasteiger partial charge is 0.385 e. The van der Waals surface area contributed by atoms with Gasteiger partial charge in [-0.3, -0.25) is 0 Å². The Morgan fingerprint density at radius 3 is 2.50 bits per heavy atom. The Morgan fingerprint density at radius 2 is 2.33 bits per heavy atom. The molecule has 0 aliphatic heterocycles. The molecule has 0 aromatic heterocycles. The highest BCUT2D eigenvalue weighted by Crippen LogP contribution is 1.85. The first kappa shape index (κ1) is 6.39. The Balaban J connectivity index is 2.34. The van der Waals surface area contributed by atoms with Crippen LogP contribution in [0.3, 0.4) is 0 Å². The third-order valence-electron chi connectivity index (χ3n) is 0.553. The second kappa shape index (κ2) is 5.39. The highest BCUT2D eigenvalue weighted by Gasteiger charge is 1.74. The summed E-state index contributed by atoms with van der Waals surface area (Å²) in [7, 11) is 4.37. The lowest BCUT2D eigenvalue weighted by Crippen LogP contribution is -1.86. The van der Waals surface area contributed by atoms with Crippen molar-refractivity contribution in [3.05, 3.63) is 0 Å². The molecule has 0 saturated heterocycles. The van der Waals surface area contributed by atoms with Crippen molar-refractivity contribution in [1.29, 1.82) is 0 Å². The quantitative estimate of drug-likeness (QED) is 0.383. The molecule has 0 aromatic rings. The summed E-state index contributed by atoms with van der Waals surface area (Å²) < 4.78 is 4.77. The molecule has 0 fully saturated rings. The van der Waals surface area contributed by atoms with E-state index in [0.29, 0.717) is 0 Å². The molecule has 0 aliphatic carbocycles. The molecule has 0 heterocycles. The number of ether oxygens (including phenoxy) is 1. The van der Waals surface area contributed by atoms with Gasteiger partial charge >= 0.3 is 0 Å². The van der Waals surface area contributed by atoms with Crippen LogP contribution in [0.15, 0.2) is 0 Å². The molecule has 0 spiro atoms. The van der Waals surface area contributed by atoms with E-state index in [0.717, 1.165) is 19.2 Å². The summed E-state index contributed by atoms with van der Waals surface area (Å²) in [6.07, 6.45) is 2.30. The SMILES string of the molecule is COCCCP. The normalized spacial score (nSPS) is 9.00. The van der Waals surface area contributed by atoms with Crippen molar-refractivity contribution in [2.45, 2.75) is 6.42 Å². The number of hydrogen-bond donors (Lipinski definition) is 0. The van der Waals surface area contributed by atoms with E-state index in [1.165, 1.54) is 0 Å². The molecule has 0 aliphatic rings. The van der Waals surface area contributed by atoms with Crippen LogP contribution in [0.25, 0.3) is 0 Å². The smallest absolute Gasteiger partial charge is 0.0465 e. The van der Waals surface area contributed by atoms with Crippen LogP contribution in [0.4, 0.5) is 0 Å². The van der Waals surface area contributed by atoms with Gasteiger partial charge in [0.15, 0.2) is 0 Å². The molecule has 0 radical (unpaired) electrons. The maximum absolute atomic E-state index is 4.77. The van der Waals surface area contributed by atoms with Gasteiger partial charge in [-0.1, -0.05) is 0 Å². The van der Waals surface area contributed by atoms with Crippen molar-refractivity contribution in [3.63, 3.8) is 0 Å². The summed E-state index contributed by atoms with van der Waals surface area (Å²) in [4.78, 5) is 0. The average Bonchev–Trinajstić information content (AvgIpc) is 1.61. The summed E-state index contributed by atoms with van der Waals surface area (Å²) in [5.41, 5.74) is 0. The number of rotatable bonds is 3. The van der Waals surface area contributed by atoms with E-state index in [1.807, 2.05) is 0 Å². The summed E-state index contributed by atoms with van der Waals surface area (Å²) >= 11 is 0. The van der Waals surface area contributed by atoms with Crippen molar-refractivity contribution in [2.75, 3.05) is 19.9 Å². The van der Waals surface area contributed by atoms with E-state index in [2.05, 4.69) is 9.24 Å². The van der Waals surface area contributed by atoms with Gasteiger partial charge in [-0.2, -0.15) is 0 Å². The molecular weight excluding hydrogens is 95.0 g/mol. The molecule has 1 unspecified atom stereocenters. The van der Waals surface area contributed by atoms with E-state index in [1.54, 1.807) is 7.11 Å². The predicted octanol–water partition coefficient (Wildman–Crippen LogP) is 0.898. The van der Waals surface area contributed by atoms with Crippen molar-refractivity contribution < 1.29 is 4.74 Å². The minimum Gasteiger partial charge on any atom is -0.385 e. The zero-order valence-corrected chi connectivity index (χ0v) is 5.26. The van der Waals surface area contributed by atoms with Crippen molar-refractivity contribution >= 4 is 9.24 Å². The Bertz CT molecular complexity index is 19.5. The molecule has 1 atom stereocenters. The number of hydrogen-bond acceptors (Lipinski definition) is 1. The van der Waals surface area contributed by atoms with E-state index >= 15 is 0 Å². The minimum atomic E-state index is 0.892. The maximum Gasteiger partial charge on any atom is 0.0465 e. The monoisotopic (exact) mass is 106 g/mol. The van der Waals surface area contributed by atoms with Crippen LogP contribution < -0.4 is 0 Å². The third kappa shape index (κ3) is 4.39. The van der Waals surface area contributed by atoms with Gasteiger partial charge in [0.2, 0.25) is 0 Å². The first-order chi connectivity index (χ1) is 2.91. The van der Waals surface area contributed by atoms with Crippen molar-refractivity contribution in [3.8, 4) is 0 Å². The average molecular weight is 106 g/mol. The molecule has 0 aromatic carbocycles. The van der Waals surface area contributed by atoms with Crippen LogP contribution >= 0.6 is 9.24 Å². The molecule has 2 heteroatoms. The maximum atomic E-state index is 4.77. The second-order valence-corrected chi connectivity index (χ2v) is 1.71. The Morgan fingerprint density at radius 1 is 1.67 bits per heavy atom. The fourth-order valence-electron chi connectivity index (χ4n) is 0.228. The van der Waals surface area contributed by atoms with Crippen LogP contribution in [-0.4, -0.2) is 19.9 Å². The Labute approximate surface area is 41.3 Å². The standard InChI is InChI=1S/C4H11OP/c1-5-3-2-4-6/h2-4,6H2,1H3. The lowest BCUT2D eigenvalue weighted by atomic mass is 10.5. The van der Waals surface area contributed by atoms with Crippen LogP contribution in [0.5, 0.6) is 0 Å². The van der Waals surface area contributed by atoms with Gasteiger partial charge in [-0.25, -0.2) is 0 Å². The summed E-state index contributed by atoms with van der Waals surface area (Å²) in [6, 6.07) is 0. The van der Waals surface area contributed by atoms with Gasteiger partial charge in [0.25, 0.3) is 0 Å². The summed E-state index contributed by atoms with van der Waals surface area (Å²) in [5, 5.41) is 0. The van der Waals surface area contributed by atoms with Crippen molar-refractivity contribution in [1.82, 2.24) is 0 Å². The summed E-state index contributed by atoms with van der Waals surface area (Å²) in [6.45, 7) is 0.892. The molecule has 0 saturated carbocycles. The van der Waals surface area contributed by atoms with Crippen LogP contribution in [0, 0.1) is 0 Å². The fourth-order valence-corrected chi connectivity index (χ4v) is 0.394. The van der Waals surface area contributed by atoms with Gasteiger partial charge < -0.3 is 4.74 Å². The van der Waals surface area contributed by atoms with Gasteiger partial charge in [0.05, 0.1) is 0 Å². The molecular formula is C4H11OP. The topological polar surface area (TPSA) is 9.23 Å². The van der Waals surface area contributed by atoms with Gasteiger partial charge in [0, 0.05) is 13.7 Å².